The van der Waals surface area contributed by atoms with Crippen LogP contribution in [0.25, 0.3) is 0 Å². The molecule has 2 aliphatic carbocycles. The Morgan fingerprint density at radius 1 is 1.26 bits per heavy atom. The molecule has 0 N–H and O–H groups in total. The smallest absolute Gasteiger partial charge is 0.192 e. The zero-order valence-electron chi connectivity index (χ0n) is 18.5. The molecule has 0 saturated heterocycles. The Balaban J connectivity index is 2.13. The third kappa shape index (κ3) is 3.55. The van der Waals surface area contributed by atoms with E-state index < -0.39 is 8.32 Å². The van der Waals surface area contributed by atoms with Crippen LogP contribution in [0.2, 0.25) is 18.1 Å². The lowest BCUT2D eigenvalue weighted by Gasteiger charge is -2.50. The second-order valence-corrected chi connectivity index (χ2v) is 15.5. The zero-order valence-corrected chi connectivity index (χ0v) is 19.5. The highest BCUT2D eigenvalue weighted by Gasteiger charge is 2.48. The fourth-order valence-corrected chi connectivity index (χ4v) is 5.85. The predicted molar refractivity (Wildman–Crippen MR) is 114 cm³/mol. The normalized spacial score (nSPS) is 21.9. The molecule has 1 saturated carbocycles. The second-order valence-electron chi connectivity index (χ2n) is 10.8. The molecular formula is C23H37NO2Si. The number of aldehydes is 1. The van der Waals surface area contributed by atoms with E-state index in [1.54, 1.807) is 0 Å². The zero-order chi connectivity index (χ0) is 20.2. The van der Waals surface area contributed by atoms with Gasteiger partial charge in [0.25, 0.3) is 0 Å². The summed E-state index contributed by atoms with van der Waals surface area (Å²) in [5.41, 5.74) is 5.66. The minimum absolute atomic E-state index is 0.0855. The fourth-order valence-electron chi connectivity index (χ4n) is 4.58. The molecule has 0 amide bonds. The summed E-state index contributed by atoms with van der Waals surface area (Å²) in [4.78, 5) is 17.0. The number of hydrogen-bond acceptors (Lipinski definition) is 3. The van der Waals surface area contributed by atoms with Crippen molar-refractivity contribution in [2.75, 3.05) is 0 Å². The van der Waals surface area contributed by atoms with Crippen LogP contribution in [-0.4, -0.2) is 19.6 Å². The van der Waals surface area contributed by atoms with Gasteiger partial charge in [-0.2, -0.15) is 0 Å². The standard InChI is InChI=1S/C23H37NO2Si/c1-15(2)21-17(14-25)16(3)20-18(24-21)12-23(10-9-11-23)13-19(20)26-27(7,8)22(4,5)6/h14-15,19H,9-13H2,1-8H3/t19-/m0/s1. The van der Waals surface area contributed by atoms with E-state index in [4.69, 9.17) is 9.41 Å². The van der Waals surface area contributed by atoms with Crippen molar-refractivity contribution in [2.45, 2.75) is 104 Å². The first-order valence-electron chi connectivity index (χ1n) is 10.6. The minimum Gasteiger partial charge on any atom is -0.410 e. The molecule has 27 heavy (non-hydrogen) atoms. The van der Waals surface area contributed by atoms with Crippen molar-refractivity contribution >= 4 is 14.6 Å². The third-order valence-corrected chi connectivity index (χ3v) is 11.9. The highest BCUT2D eigenvalue weighted by atomic mass is 28.4. The number of hydrogen-bond donors (Lipinski definition) is 0. The summed E-state index contributed by atoms with van der Waals surface area (Å²) in [6.45, 7) is 17.9. The maximum atomic E-state index is 11.9. The van der Waals surface area contributed by atoms with Crippen LogP contribution in [0.3, 0.4) is 0 Å². The Morgan fingerprint density at radius 2 is 1.89 bits per heavy atom. The minimum atomic E-state index is -1.91. The number of fused-ring (bicyclic) bond motifs is 1. The molecule has 1 aromatic rings. The van der Waals surface area contributed by atoms with Crippen LogP contribution in [-0.2, 0) is 10.8 Å². The molecule has 1 atom stereocenters. The number of pyridine rings is 1. The number of carbonyl (C=O) groups is 1. The molecule has 4 heteroatoms. The van der Waals surface area contributed by atoms with E-state index in [-0.39, 0.29) is 17.1 Å². The maximum Gasteiger partial charge on any atom is 0.192 e. The van der Waals surface area contributed by atoms with Gasteiger partial charge in [0.05, 0.1) is 11.8 Å². The summed E-state index contributed by atoms with van der Waals surface area (Å²) in [6, 6.07) is 0. The topological polar surface area (TPSA) is 39.2 Å². The van der Waals surface area contributed by atoms with Gasteiger partial charge in [-0.15, -0.1) is 0 Å². The Labute approximate surface area is 166 Å². The van der Waals surface area contributed by atoms with Crippen LogP contribution < -0.4 is 0 Å². The Morgan fingerprint density at radius 3 is 2.33 bits per heavy atom. The van der Waals surface area contributed by atoms with Gasteiger partial charge in [0.15, 0.2) is 14.6 Å². The molecule has 1 spiro atoms. The van der Waals surface area contributed by atoms with Crippen molar-refractivity contribution in [3.05, 3.63) is 28.1 Å². The molecule has 1 heterocycles. The number of carbonyl (C=O) groups excluding carboxylic acids is 1. The van der Waals surface area contributed by atoms with E-state index >= 15 is 0 Å². The van der Waals surface area contributed by atoms with Gasteiger partial charge in [0.1, 0.15) is 0 Å². The van der Waals surface area contributed by atoms with E-state index in [9.17, 15) is 4.79 Å². The molecule has 1 fully saturated rings. The molecule has 3 nitrogen and oxygen atoms in total. The number of nitrogens with zero attached hydrogens (tertiary/aromatic N) is 1. The summed E-state index contributed by atoms with van der Waals surface area (Å²) < 4.78 is 6.96. The van der Waals surface area contributed by atoms with Crippen molar-refractivity contribution in [3.63, 3.8) is 0 Å². The Hall–Kier alpha value is -1.00. The largest absolute Gasteiger partial charge is 0.410 e. The van der Waals surface area contributed by atoms with Gasteiger partial charge in [0.2, 0.25) is 0 Å². The first-order chi connectivity index (χ1) is 12.4. The summed E-state index contributed by atoms with van der Waals surface area (Å²) in [6.07, 6.45) is 7.14. The average Bonchev–Trinajstić information content (AvgIpc) is 2.50. The van der Waals surface area contributed by atoms with E-state index in [2.05, 4.69) is 54.6 Å². The molecule has 0 unspecified atom stereocenters. The first-order valence-corrected chi connectivity index (χ1v) is 13.5. The van der Waals surface area contributed by atoms with Gasteiger partial charge in [-0.1, -0.05) is 41.0 Å². The van der Waals surface area contributed by atoms with Crippen LogP contribution in [0.5, 0.6) is 0 Å². The van der Waals surface area contributed by atoms with E-state index in [1.165, 1.54) is 30.5 Å². The van der Waals surface area contributed by atoms with Crippen LogP contribution in [0, 0.1) is 12.3 Å². The molecule has 1 aromatic heterocycles. The molecule has 2 aliphatic rings. The Bertz CT molecular complexity index is 742. The van der Waals surface area contributed by atoms with Gasteiger partial charge in [-0.05, 0) is 67.6 Å². The lowest BCUT2D eigenvalue weighted by Crippen LogP contribution is -2.46. The molecular weight excluding hydrogens is 350 g/mol. The van der Waals surface area contributed by atoms with Gasteiger partial charge < -0.3 is 4.43 Å². The van der Waals surface area contributed by atoms with Crippen LogP contribution in [0.1, 0.15) is 105 Å². The van der Waals surface area contributed by atoms with Crippen LogP contribution in [0.4, 0.5) is 0 Å². The van der Waals surface area contributed by atoms with Crippen molar-refractivity contribution in [2.24, 2.45) is 5.41 Å². The Kier molecular flexibility index (Phi) is 5.22. The molecule has 0 aliphatic heterocycles. The highest BCUT2D eigenvalue weighted by molar-refractivity contribution is 6.74. The van der Waals surface area contributed by atoms with Crippen molar-refractivity contribution in [1.29, 1.82) is 0 Å². The third-order valence-electron chi connectivity index (χ3n) is 7.46. The summed E-state index contributed by atoms with van der Waals surface area (Å²) in [5.74, 6) is 0.258. The van der Waals surface area contributed by atoms with Crippen LogP contribution in [0.15, 0.2) is 0 Å². The van der Waals surface area contributed by atoms with Gasteiger partial charge in [-0.25, -0.2) is 0 Å². The molecule has 150 valence electrons. The van der Waals surface area contributed by atoms with Gasteiger partial charge >= 0.3 is 0 Å². The molecule has 0 radical (unpaired) electrons. The van der Waals surface area contributed by atoms with Crippen LogP contribution >= 0.6 is 0 Å². The summed E-state index contributed by atoms with van der Waals surface area (Å²) in [7, 11) is -1.91. The SMILES string of the molecule is Cc1c(C=O)c(C(C)C)nc2c1[C@@H](O[Si](C)(C)C(C)(C)C)CC1(CCC1)C2. The van der Waals surface area contributed by atoms with Gasteiger partial charge in [0, 0.05) is 16.8 Å². The first kappa shape index (κ1) is 20.7. The average molecular weight is 388 g/mol. The van der Waals surface area contributed by atoms with E-state index in [0.29, 0.717) is 5.41 Å². The van der Waals surface area contributed by atoms with Crippen molar-refractivity contribution in [1.82, 2.24) is 4.98 Å². The number of rotatable bonds is 4. The van der Waals surface area contributed by atoms with Crippen molar-refractivity contribution in [3.8, 4) is 0 Å². The highest BCUT2D eigenvalue weighted by Crippen LogP contribution is 2.56. The molecule has 0 aromatic carbocycles. The van der Waals surface area contributed by atoms with Gasteiger partial charge in [-0.3, -0.25) is 9.78 Å². The maximum absolute atomic E-state index is 11.9. The number of aromatic nitrogens is 1. The lowest BCUT2D eigenvalue weighted by atomic mass is 9.59. The fraction of sp³-hybridized carbons (Fsp3) is 0.739. The monoisotopic (exact) mass is 387 g/mol. The molecule has 0 bridgehead atoms. The van der Waals surface area contributed by atoms with Crippen molar-refractivity contribution < 1.29 is 9.22 Å². The summed E-state index contributed by atoms with van der Waals surface area (Å²) in [5, 5.41) is 0.171. The van der Waals surface area contributed by atoms with E-state index in [1.807, 2.05) is 0 Å². The quantitative estimate of drug-likeness (QED) is 0.437. The lowest BCUT2D eigenvalue weighted by molar-refractivity contribution is 0.0296. The van der Waals surface area contributed by atoms with E-state index in [0.717, 1.165) is 35.9 Å². The summed E-state index contributed by atoms with van der Waals surface area (Å²) >= 11 is 0. The molecule has 3 rings (SSSR count). The second kappa shape index (κ2) is 6.80. The predicted octanol–water partition coefficient (Wildman–Crippen LogP) is 6.51.